The van der Waals surface area contributed by atoms with E-state index in [4.69, 9.17) is 4.74 Å². The minimum Gasteiger partial charge on any atom is -0.466 e. The van der Waals surface area contributed by atoms with Gasteiger partial charge >= 0.3 is 5.97 Å². The van der Waals surface area contributed by atoms with Gasteiger partial charge in [-0.25, -0.2) is 0 Å². The monoisotopic (exact) mass is 271 g/mol. The van der Waals surface area contributed by atoms with Crippen LogP contribution in [0.4, 0.5) is 0 Å². The lowest BCUT2D eigenvalue weighted by Gasteiger charge is -2.32. The SMILES string of the molecule is CCOC(=O)C1CCC(NC2CCSCC2)CC1. The van der Waals surface area contributed by atoms with Crippen LogP contribution in [0.3, 0.4) is 0 Å². The quantitative estimate of drug-likeness (QED) is 0.798. The van der Waals surface area contributed by atoms with Crippen molar-refractivity contribution in [3.63, 3.8) is 0 Å². The molecule has 3 nitrogen and oxygen atoms in total. The van der Waals surface area contributed by atoms with Crippen molar-refractivity contribution in [3.05, 3.63) is 0 Å². The molecule has 1 aliphatic carbocycles. The Hall–Kier alpha value is -0.220. The molecule has 0 bridgehead atoms. The molecule has 0 radical (unpaired) electrons. The standard InChI is InChI=1S/C14H25NO2S/c1-2-17-14(16)11-3-5-12(6-4-11)15-13-7-9-18-10-8-13/h11-13,15H,2-10H2,1H3. The van der Waals surface area contributed by atoms with Crippen LogP contribution < -0.4 is 5.32 Å². The van der Waals surface area contributed by atoms with Gasteiger partial charge < -0.3 is 10.1 Å². The van der Waals surface area contributed by atoms with E-state index >= 15 is 0 Å². The highest BCUT2D eigenvalue weighted by molar-refractivity contribution is 7.99. The third kappa shape index (κ3) is 4.16. The normalized spacial score (nSPS) is 30.1. The molecule has 0 atom stereocenters. The van der Waals surface area contributed by atoms with Crippen LogP contribution in [-0.2, 0) is 9.53 Å². The van der Waals surface area contributed by atoms with Crippen LogP contribution in [-0.4, -0.2) is 36.2 Å². The van der Waals surface area contributed by atoms with Gasteiger partial charge in [0.25, 0.3) is 0 Å². The first kappa shape index (κ1) is 14.2. The van der Waals surface area contributed by atoms with Crippen molar-refractivity contribution in [1.29, 1.82) is 0 Å². The van der Waals surface area contributed by atoms with Crippen molar-refractivity contribution < 1.29 is 9.53 Å². The van der Waals surface area contributed by atoms with Gasteiger partial charge in [-0.05, 0) is 57.0 Å². The fourth-order valence-corrected chi connectivity index (χ4v) is 4.06. The number of thioether (sulfide) groups is 1. The number of nitrogens with one attached hydrogen (secondary N) is 1. The Labute approximate surface area is 114 Å². The third-order valence-corrected chi connectivity index (χ3v) is 5.09. The largest absolute Gasteiger partial charge is 0.466 e. The number of carbonyl (C=O) groups is 1. The molecule has 2 aliphatic rings. The number of esters is 1. The van der Waals surface area contributed by atoms with E-state index in [1.165, 1.54) is 24.3 Å². The molecule has 2 fully saturated rings. The smallest absolute Gasteiger partial charge is 0.308 e. The fourth-order valence-electron chi connectivity index (χ4n) is 2.95. The van der Waals surface area contributed by atoms with Gasteiger partial charge in [-0.1, -0.05) is 0 Å². The number of hydrogen-bond donors (Lipinski definition) is 1. The highest BCUT2D eigenvalue weighted by atomic mass is 32.2. The van der Waals surface area contributed by atoms with Crippen LogP contribution in [0.15, 0.2) is 0 Å². The summed E-state index contributed by atoms with van der Waals surface area (Å²) in [7, 11) is 0. The van der Waals surface area contributed by atoms with E-state index in [1.54, 1.807) is 0 Å². The molecular weight excluding hydrogens is 246 g/mol. The van der Waals surface area contributed by atoms with E-state index in [0.29, 0.717) is 12.6 Å². The van der Waals surface area contributed by atoms with E-state index in [9.17, 15) is 4.79 Å². The molecular formula is C14H25NO2S. The van der Waals surface area contributed by atoms with Crippen LogP contribution in [0.1, 0.15) is 45.4 Å². The van der Waals surface area contributed by atoms with Gasteiger partial charge in [-0.15, -0.1) is 0 Å². The van der Waals surface area contributed by atoms with Crippen LogP contribution in [0.2, 0.25) is 0 Å². The van der Waals surface area contributed by atoms with Crippen molar-refractivity contribution in [2.24, 2.45) is 5.92 Å². The van der Waals surface area contributed by atoms with Crippen molar-refractivity contribution in [3.8, 4) is 0 Å². The molecule has 1 saturated heterocycles. The third-order valence-electron chi connectivity index (χ3n) is 4.04. The average Bonchev–Trinajstić information content (AvgIpc) is 2.41. The Morgan fingerprint density at radius 1 is 1.11 bits per heavy atom. The Kier molecular flexibility index (Phi) is 5.83. The maximum absolute atomic E-state index is 11.6. The average molecular weight is 271 g/mol. The summed E-state index contributed by atoms with van der Waals surface area (Å²) >= 11 is 2.07. The molecule has 2 rings (SSSR count). The summed E-state index contributed by atoms with van der Waals surface area (Å²) in [6.45, 7) is 2.39. The van der Waals surface area contributed by atoms with Crippen molar-refractivity contribution in [2.45, 2.75) is 57.5 Å². The summed E-state index contributed by atoms with van der Waals surface area (Å²) in [4.78, 5) is 11.6. The molecule has 1 aliphatic heterocycles. The zero-order valence-corrected chi connectivity index (χ0v) is 12.1. The minimum atomic E-state index is 0.0185. The topological polar surface area (TPSA) is 38.3 Å². The molecule has 0 amide bonds. The second kappa shape index (κ2) is 7.39. The molecule has 1 N–H and O–H groups in total. The number of hydrogen-bond acceptors (Lipinski definition) is 4. The van der Waals surface area contributed by atoms with Crippen molar-refractivity contribution in [1.82, 2.24) is 5.32 Å². The molecule has 104 valence electrons. The summed E-state index contributed by atoms with van der Waals surface area (Å²) in [6.07, 6.45) is 6.88. The van der Waals surface area contributed by atoms with E-state index in [0.717, 1.165) is 31.7 Å². The lowest BCUT2D eigenvalue weighted by molar-refractivity contribution is -0.149. The molecule has 0 aromatic heterocycles. The van der Waals surface area contributed by atoms with E-state index in [1.807, 2.05) is 6.92 Å². The molecule has 0 spiro atoms. The van der Waals surface area contributed by atoms with Gasteiger partial charge in [0.1, 0.15) is 0 Å². The fraction of sp³-hybridized carbons (Fsp3) is 0.929. The van der Waals surface area contributed by atoms with Crippen LogP contribution in [0.25, 0.3) is 0 Å². The van der Waals surface area contributed by atoms with Crippen LogP contribution >= 0.6 is 11.8 Å². The van der Waals surface area contributed by atoms with Gasteiger partial charge in [0.2, 0.25) is 0 Å². The molecule has 0 unspecified atom stereocenters. The minimum absolute atomic E-state index is 0.0185. The van der Waals surface area contributed by atoms with E-state index in [-0.39, 0.29) is 11.9 Å². The lowest BCUT2D eigenvalue weighted by atomic mass is 9.85. The summed E-state index contributed by atoms with van der Waals surface area (Å²) < 4.78 is 5.10. The Morgan fingerprint density at radius 3 is 2.33 bits per heavy atom. The second-order valence-electron chi connectivity index (χ2n) is 5.35. The second-order valence-corrected chi connectivity index (χ2v) is 6.58. The maximum atomic E-state index is 11.6. The number of ether oxygens (including phenoxy) is 1. The van der Waals surface area contributed by atoms with Gasteiger partial charge in [0, 0.05) is 12.1 Å². The van der Waals surface area contributed by atoms with Crippen LogP contribution in [0, 0.1) is 5.92 Å². The zero-order valence-electron chi connectivity index (χ0n) is 11.3. The zero-order chi connectivity index (χ0) is 12.8. The van der Waals surface area contributed by atoms with Gasteiger partial charge in [0.15, 0.2) is 0 Å². The highest BCUT2D eigenvalue weighted by Gasteiger charge is 2.28. The summed E-state index contributed by atoms with van der Waals surface area (Å²) in [5.41, 5.74) is 0. The molecule has 18 heavy (non-hydrogen) atoms. The molecule has 1 saturated carbocycles. The van der Waals surface area contributed by atoms with Crippen molar-refractivity contribution >= 4 is 17.7 Å². The van der Waals surface area contributed by atoms with Crippen molar-refractivity contribution in [2.75, 3.05) is 18.1 Å². The van der Waals surface area contributed by atoms with Gasteiger partial charge in [-0.3, -0.25) is 4.79 Å². The summed E-state index contributed by atoms with van der Waals surface area (Å²) in [5, 5.41) is 3.78. The first-order valence-corrected chi connectivity index (χ1v) is 8.45. The van der Waals surface area contributed by atoms with E-state index < -0.39 is 0 Å². The van der Waals surface area contributed by atoms with Gasteiger partial charge in [-0.2, -0.15) is 11.8 Å². The maximum Gasteiger partial charge on any atom is 0.308 e. The Balaban J connectivity index is 1.68. The summed E-state index contributed by atoms with van der Waals surface area (Å²) in [6, 6.07) is 1.35. The Morgan fingerprint density at radius 2 is 1.72 bits per heavy atom. The number of rotatable bonds is 4. The molecule has 4 heteroatoms. The first-order valence-electron chi connectivity index (χ1n) is 7.30. The Bertz CT molecular complexity index is 259. The molecule has 0 aromatic carbocycles. The van der Waals surface area contributed by atoms with Gasteiger partial charge in [0.05, 0.1) is 12.5 Å². The summed E-state index contributed by atoms with van der Waals surface area (Å²) in [5.74, 6) is 2.78. The number of carbonyl (C=O) groups excluding carboxylic acids is 1. The van der Waals surface area contributed by atoms with E-state index in [2.05, 4.69) is 17.1 Å². The predicted molar refractivity (Wildman–Crippen MR) is 75.9 cm³/mol. The predicted octanol–water partition coefficient (Wildman–Crippen LogP) is 2.59. The lowest BCUT2D eigenvalue weighted by Crippen LogP contribution is -2.43. The van der Waals surface area contributed by atoms with Crippen LogP contribution in [0.5, 0.6) is 0 Å². The first-order chi connectivity index (χ1) is 8.79. The highest BCUT2D eigenvalue weighted by Crippen LogP contribution is 2.27. The molecule has 0 aromatic rings. The molecule has 1 heterocycles.